The number of hydrogen-bond donors (Lipinski definition) is 1. The highest BCUT2D eigenvalue weighted by Gasteiger charge is 2.27. The second-order valence-corrected chi connectivity index (χ2v) is 6.45. The lowest BCUT2D eigenvalue weighted by atomic mass is 10.1. The topological polar surface area (TPSA) is 64.6 Å². The van der Waals surface area contributed by atoms with Gasteiger partial charge in [0.25, 0.3) is 5.91 Å². The van der Waals surface area contributed by atoms with Crippen molar-refractivity contribution in [1.29, 1.82) is 0 Å². The van der Waals surface area contributed by atoms with Gasteiger partial charge in [0.2, 0.25) is 6.10 Å². The maximum atomic E-state index is 13.3. The van der Waals surface area contributed by atoms with Crippen LogP contribution in [0.15, 0.2) is 72.8 Å². The van der Waals surface area contributed by atoms with Crippen molar-refractivity contribution in [2.45, 2.75) is 6.10 Å². The molecule has 0 heterocycles. The van der Waals surface area contributed by atoms with Gasteiger partial charge in [0, 0.05) is 17.3 Å². The minimum absolute atomic E-state index is 0.0387. The van der Waals surface area contributed by atoms with Crippen molar-refractivity contribution in [2.24, 2.45) is 0 Å². The third kappa shape index (κ3) is 5.12. The standard InChI is InChI=1S/C22H17ClFNO4/c1-28-17-9-5-8-16(13-17)25-21(26)20(14-6-3-2-4-7-14)29-22(27)18-11-10-15(24)12-19(18)23/h2-13,20H,1H3,(H,25,26)/t20-/m0/s1. The zero-order chi connectivity index (χ0) is 20.8. The number of amides is 1. The molecular weight excluding hydrogens is 397 g/mol. The second-order valence-electron chi connectivity index (χ2n) is 6.04. The Kier molecular flexibility index (Phi) is 6.46. The summed E-state index contributed by atoms with van der Waals surface area (Å²) in [6.07, 6.45) is -1.24. The Morgan fingerprint density at radius 2 is 1.76 bits per heavy atom. The molecule has 3 rings (SSSR count). The fraction of sp³-hybridized carbons (Fsp3) is 0.0909. The van der Waals surface area contributed by atoms with Crippen molar-refractivity contribution >= 4 is 29.2 Å². The predicted octanol–water partition coefficient (Wildman–Crippen LogP) is 5.02. The van der Waals surface area contributed by atoms with Crippen molar-refractivity contribution in [1.82, 2.24) is 0 Å². The number of nitrogens with one attached hydrogen (secondary N) is 1. The molecule has 5 nitrogen and oxygen atoms in total. The number of methoxy groups -OCH3 is 1. The first-order valence-electron chi connectivity index (χ1n) is 8.64. The van der Waals surface area contributed by atoms with Crippen LogP contribution in [0.5, 0.6) is 5.75 Å². The molecule has 0 aliphatic rings. The van der Waals surface area contributed by atoms with Gasteiger partial charge in [-0.15, -0.1) is 0 Å². The van der Waals surface area contributed by atoms with Gasteiger partial charge in [0.05, 0.1) is 17.7 Å². The number of carbonyl (C=O) groups excluding carboxylic acids is 2. The minimum Gasteiger partial charge on any atom is -0.497 e. The van der Waals surface area contributed by atoms with Gasteiger partial charge in [-0.25, -0.2) is 9.18 Å². The number of anilines is 1. The van der Waals surface area contributed by atoms with Gasteiger partial charge < -0.3 is 14.8 Å². The summed E-state index contributed by atoms with van der Waals surface area (Å²) in [5, 5.41) is 2.60. The van der Waals surface area contributed by atoms with E-state index in [0.717, 1.165) is 12.1 Å². The number of halogens is 2. The molecule has 0 bridgehead atoms. The maximum Gasteiger partial charge on any atom is 0.340 e. The summed E-state index contributed by atoms with van der Waals surface area (Å²) in [4.78, 5) is 25.5. The van der Waals surface area contributed by atoms with Crippen LogP contribution in [0, 0.1) is 5.82 Å². The predicted molar refractivity (Wildman–Crippen MR) is 108 cm³/mol. The Bertz CT molecular complexity index is 1030. The van der Waals surface area contributed by atoms with Crippen molar-refractivity contribution in [3.8, 4) is 5.75 Å². The molecule has 1 atom stereocenters. The van der Waals surface area contributed by atoms with E-state index in [0.29, 0.717) is 17.0 Å². The Hall–Kier alpha value is -3.38. The first kappa shape index (κ1) is 20.4. The van der Waals surface area contributed by atoms with E-state index >= 15 is 0 Å². The Balaban J connectivity index is 1.86. The highest BCUT2D eigenvalue weighted by molar-refractivity contribution is 6.33. The van der Waals surface area contributed by atoms with Crippen LogP contribution in [0.3, 0.4) is 0 Å². The second kappa shape index (κ2) is 9.21. The molecule has 0 fully saturated rings. The Morgan fingerprint density at radius 3 is 2.45 bits per heavy atom. The van der Waals surface area contributed by atoms with E-state index in [1.165, 1.54) is 13.2 Å². The summed E-state index contributed by atoms with van der Waals surface area (Å²) < 4.78 is 23.8. The van der Waals surface area contributed by atoms with Gasteiger partial charge in [-0.1, -0.05) is 48.0 Å². The fourth-order valence-corrected chi connectivity index (χ4v) is 2.88. The molecule has 0 spiro atoms. The van der Waals surface area contributed by atoms with E-state index in [2.05, 4.69) is 5.32 Å². The van der Waals surface area contributed by atoms with Crippen LogP contribution in [0.25, 0.3) is 0 Å². The van der Waals surface area contributed by atoms with Gasteiger partial charge in [-0.05, 0) is 30.3 Å². The van der Waals surface area contributed by atoms with Crippen LogP contribution in [0.1, 0.15) is 22.0 Å². The highest BCUT2D eigenvalue weighted by Crippen LogP contribution is 2.25. The van der Waals surface area contributed by atoms with E-state index in [4.69, 9.17) is 21.1 Å². The Labute approximate surface area is 172 Å². The van der Waals surface area contributed by atoms with Gasteiger partial charge in [-0.3, -0.25) is 4.79 Å². The van der Waals surface area contributed by atoms with Crippen LogP contribution in [-0.4, -0.2) is 19.0 Å². The maximum absolute atomic E-state index is 13.3. The van der Waals surface area contributed by atoms with Crippen molar-refractivity contribution in [2.75, 3.05) is 12.4 Å². The molecule has 0 saturated heterocycles. The summed E-state index contributed by atoms with van der Waals surface area (Å²) in [7, 11) is 1.52. The average Bonchev–Trinajstić information content (AvgIpc) is 2.72. The fourth-order valence-electron chi connectivity index (χ4n) is 2.63. The third-order valence-corrected chi connectivity index (χ3v) is 4.37. The van der Waals surface area contributed by atoms with Crippen LogP contribution in [0.4, 0.5) is 10.1 Å². The van der Waals surface area contributed by atoms with Gasteiger partial charge in [0.1, 0.15) is 11.6 Å². The molecular formula is C22H17ClFNO4. The normalized spacial score (nSPS) is 11.4. The van der Waals surface area contributed by atoms with E-state index in [1.54, 1.807) is 54.6 Å². The van der Waals surface area contributed by atoms with E-state index in [1.807, 2.05) is 0 Å². The number of rotatable bonds is 6. The molecule has 0 unspecified atom stereocenters. The van der Waals surface area contributed by atoms with Crippen LogP contribution < -0.4 is 10.1 Å². The molecule has 0 aromatic heterocycles. The van der Waals surface area contributed by atoms with Gasteiger partial charge in [-0.2, -0.15) is 0 Å². The highest BCUT2D eigenvalue weighted by atomic mass is 35.5. The molecule has 1 amide bonds. The SMILES string of the molecule is COc1cccc(NC(=O)[C@@H](OC(=O)c2ccc(F)cc2Cl)c2ccccc2)c1. The Morgan fingerprint density at radius 1 is 1.00 bits per heavy atom. The zero-order valence-corrected chi connectivity index (χ0v) is 16.2. The van der Waals surface area contributed by atoms with E-state index in [-0.39, 0.29) is 10.6 Å². The van der Waals surface area contributed by atoms with Crippen molar-refractivity contribution in [3.63, 3.8) is 0 Å². The summed E-state index contributed by atoms with van der Waals surface area (Å²) in [6, 6.07) is 18.6. The third-order valence-electron chi connectivity index (χ3n) is 4.05. The molecule has 3 aromatic rings. The molecule has 3 aromatic carbocycles. The number of hydrogen-bond acceptors (Lipinski definition) is 4. The molecule has 1 N–H and O–H groups in total. The molecule has 0 radical (unpaired) electrons. The van der Waals surface area contributed by atoms with Crippen molar-refractivity contribution < 1.29 is 23.5 Å². The lowest BCUT2D eigenvalue weighted by molar-refractivity contribution is -0.125. The lowest BCUT2D eigenvalue weighted by Crippen LogP contribution is -2.26. The summed E-state index contributed by atoms with van der Waals surface area (Å²) in [5.41, 5.74) is 0.911. The lowest BCUT2D eigenvalue weighted by Gasteiger charge is -2.18. The average molecular weight is 414 g/mol. The number of esters is 1. The van der Waals surface area contributed by atoms with Gasteiger partial charge >= 0.3 is 5.97 Å². The zero-order valence-electron chi connectivity index (χ0n) is 15.4. The molecule has 29 heavy (non-hydrogen) atoms. The summed E-state index contributed by atoms with van der Waals surface area (Å²) in [5.74, 6) is -1.42. The minimum atomic E-state index is -1.24. The molecule has 0 aliphatic carbocycles. The number of ether oxygens (including phenoxy) is 2. The quantitative estimate of drug-likeness (QED) is 0.576. The molecule has 0 aliphatic heterocycles. The largest absolute Gasteiger partial charge is 0.497 e. The van der Waals surface area contributed by atoms with E-state index in [9.17, 15) is 14.0 Å². The van der Waals surface area contributed by atoms with Gasteiger partial charge in [0.15, 0.2) is 0 Å². The first-order chi connectivity index (χ1) is 14.0. The molecule has 0 saturated carbocycles. The van der Waals surface area contributed by atoms with Crippen LogP contribution in [-0.2, 0) is 9.53 Å². The van der Waals surface area contributed by atoms with E-state index < -0.39 is 23.8 Å². The molecule has 148 valence electrons. The number of carbonyl (C=O) groups is 2. The molecule has 7 heteroatoms. The van der Waals surface area contributed by atoms with Crippen LogP contribution >= 0.6 is 11.6 Å². The van der Waals surface area contributed by atoms with Crippen LogP contribution in [0.2, 0.25) is 5.02 Å². The summed E-state index contributed by atoms with van der Waals surface area (Å²) in [6.45, 7) is 0. The first-order valence-corrected chi connectivity index (χ1v) is 9.01. The monoisotopic (exact) mass is 413 g/mol. The number of benzene rings is 3. The summed E-state index contributed by atoms with van der Waals surface area (Å²) >= 11 is 5.94. The van der Waals surface area contributed by atoms with Crippen molar-refractivity contribution in [3.05, 3.63) is 94.8 Å². The smallest absolute Gasteiger partial charge is 0.340 e.